The van der Waals surface area contributed by atoms with Crippen LogP contribution >= 0.6 is 0 Å². The predicted molar refractivity (Wildman–Crippen MR) is 69.4 cm³/mol. The molecule has 1 aromatic carbocycles. The summed E-state index contributed by atoms with van der Waals surface area (Å²) in [5.74, 6) is -0.122. The van der Waals surface area contributed by atoms with E-state index >= 15 is 0 Å². The number of carbonyl (C=O) groups excluding carboxylic acids is 1. The van der Waals surface area contributed by atoms with Crippen molar-refractivity contribution in [2.45, 2.75) is 19.3 Å². The molecule has 0 heterocycles. The first-order valence-corrected chi connectivity index (χ1v) is 5.70. The molecule has 18 heavy (non-hydrogen) atoms. The number of rotatable bonds is 6. The molecule has 0 aliphatic carbocycles. The summed E-state index contributed by atoms with van der Waals surface area (Å²) >= 11 is 0. The van der Waals surface area contributed by atoms with Crippen LogP contribution in [0, 0.1) is 0 Å². The topological polar surface area (TPSA) is 104 Å². The Kier molecular flexibility index (Phi) is 5.50. The summed E-state index contributed by atoms with van der Waals surface area (Å²) in [5, 5.41) is 13.3. The maximum absolute atomic E-state index is 11.6. The molecule has 1 aromatic rings. The summed E-state index contributed by atoms with van der Waals surface area (Å²) in [6.45, 7) is 0.357. The van der Waals surface area contributed by atoms with Gasteiger partial charge in [0.15, 0.2) is 0 Å². The largest absolute Gasteiger partial charge is 0.465 e. The van der Waals surface area contributed by atoms with E-state index in [1.807, 2.05) is 0 Å². The zero-order valence-electron chi connectivity index (χ0n) is 9.98. The van der Waals surface area contributed by atoms with Crippen molar-refractivity contribution in [1.29, 1.82) is 0 Å². The van der Waals surface area contributed by atoms with Crippen LogP contribution in [0.25, 0.3) is 0 Å². The summed E-state index contributed by atoms with van der Waals surface area (Å²) in [5.41, 5.74) is 6.82. The number of carboxylic acid groups (broad SMARTS) is 1. The second-order valence-electron chi connectivity index (χ2n) is 3.82. The summed E-state index contributed by atoms with van der Waals surface area (Å²) in [4.78, 5) is 21.7. The van der Waals surface area contributed by atoms with Gasteiger partial charge in [0.1, 0.15) is 0 Å². The molecule has 0 radical (unpaired) electrons. The first-order valence-electron chi connectivity index (χ1n) is 5.70. The van der Waals surface area contributed by atoms with Crippen LogP contribution in [0.2, 0.25) is 0 Å². The van der Waals surface area contributed by atoms with Gasteiger partial charge in [-0.3, -0.25) is 4.79 Å². The molecule has 0 bridgehead atoms. The lowest BCUT2D eigenvalue weighted by Gasteiger charge is -2.07. The fourth-order valence-corrected chi connectivity index (χ4v) is 1.43. The van der Waals surface area contributed by atoms with E-state index in [1.165, 1.54) is 0 Å². The van der Waals surface area contributed by atoms with Gasteiger partial charge in [0, 0.05) is 13.0 Å². The van der Waals surface area contributed by atoms with Gasteiger partial charge in [-0.2, -0.15) is 0 Å². The third-order valence-electron chi connectivity index (χ3n) is 2.34. The Morgan fingerprint density at radius 3 is 2.61 bits per heavy atom. The molecule has 1 rings (SSSR count). The SMILES string of the molecule is Nc1ccccc1NC(=O)CCCCNC(=O)O. The smallest absolute Gasteiger partial charge is 0.404 e. The van der Waals surface area contributed by atoms with Crippen LogP contribution in [0.1, 0.15) is 19.3 Å². The second-order valence-corrected chi connectivity index (χ2v) is 3.82. The fourth-order valence-electron chi connectivity index (χ4n) is 1.43. The third kappa shape index (κ3) is 5.20. The lowest BCUT2D eigenvalue weighted by atomic mass is 10.2. The van der Waals surface area contributed by atoms with Gasteiger partial charge in [0.25, 0.3) is 0 Å². The van der Waals surface area contributed by atoms with Crippen molar-refractivity contribution in [3.63, 3.8) is 0 Å². The van der Waals surface area contributed by atoms with Gasteiger partial charge in [0.2, 0.25) is 5.91 Å². The van der Waals surface area contributed by atoms with Gasteiger partial charge in [-0.05, 0) is 25.0 Å². The highest BCUT2D eigenvalue weighted by Gasteiger charge is 2.04. The number of amides is 2. The second kappa shape index (κ2) is 7.16. The summed E-state index contributed by atoms with van der Waals surface area (Å²) in [6.07, 6.45) is 0.551. The van der Waals surface area contributed by atoms with Crippen LogP contribution in [0.4, 0.5) is 16.2 Å². The Hall–Kier alpha value is -2.24. The molecule has 0 saturated heterocycles. The standard InChI is InChI=1S/C12H17N3O3/c13-9-5-1-2-6-10(9)15-11(16)7-3-4-8-14-12(17)18/h1-2,5-6,14H,3-4,7-8,13H2,(H,15,16)(H,17,18). The molecule has 0 unspecified atom stereocenters. The molecule has 6 nitrogen and oxygen atoms in total. The van der Waals surface area contributed by atoms with E-state index in [0.717, 1.165) is 0 Å². The van der Waals surface area contributed by atoms with E-state index in [0.29, 0.717) is 37.2 Å². The van der Waals surface area contributed by atoms with Crippen LogP contribution in [-0.4, -0.2) is 23.7 Å². The number of anilines is 2. The number of para-hydroxylation sites is 2. The zero-order chi connectivity index (χ0) is 13.4. The number of nitrogens with one attached hydrogen (secondary N) is 2. The maximum Gasteiger partial charge on any atom is 0.404 e. The number of hydrogen-bond donors (Lipinski definition) is 4. The lowest BCUT2D eigenvalue weighted by molar-refractivity contribution is -0.116. The van der Waals surface area contributed by atoms with Crippen molar-refractivity contribution in [2.75, 3.05) is 17.6 Å². The van der Waals surface area contributed by atoms with Crippen LogP contribution in [0.15, 0.2) is 24.3 Å². The Morgan fingerprint density at radius 2 is 1.94 bits per heavy atom. The van der Waals surface area contributed by atoms with Crippen molar-refractivity contribution >= 4 is 23.4 Å². The van der Waals surface area contributed by atoms with E-state index in [-0.39, 0.29) is 5.91 Å². The Bertz CT molecular complexity index is 421. The highest BCUT2D eigenvalue weighted by molar-refractivity contribution is 5.93. The molecule has 5 N–H and O–H groups in total. The van der Waals surface area contributed by atoms with Gasteiger partial charge in [-0.1, -0.05) is 12.1 Å². The van der Waals surface area contributed by atoms with Crippen molar-refractivity contribution in [3.05, 3.63) is 24.3 Å². The van der Waals surface area contributed by atoms with Crippen LogP contribution in [0.5, 0.6) is 0 Å². The average molecular weight is 251 g/mol. The molecule has 6 heteroatoms. The number of hydrogen-bond acceptors (Lipinski definition) is 3. The normalized spacial score (nSPS) is 9.78. The van der Waals surface area contributed by atoms with Crippen LogP contribution < -0.4 is 16.4 Å². The first-order chi connectivity index (χ1) is 8.59. The molecular weight excluding hydrogens is 234 g/mol. The quantitative estimate of drug-likeness (QED) is 0.455. The van der Waals surface area contributed by atoms with Crippen LogP contribution in [-0.2, 0) is 4.79 Å². The van der Waals surface area contributed by atoms with Gasteiger partial charge < -0.3 is 21.5 Å². The number of nitrogens with two attached hydrogens (primary N) is 1. The average Bonchev–Trinajstić information content (AvgIpc) is 2.31. The molecular formula is C12H17N3O3. The van der Waals surface area contributed by atoms with Gasteiger partial charge in [0.05, 0.1) is 11.4 Å². The molecule has 2 amide bonds. The van der Waals surface area contributed by atoms with Gasteiger partial charge >= 0.3 is 6.09 Å². The summed E-state index contributed by atoms with van der Waals surface area (Å²) < 4.78 is 0. The molecule has 98 valence electrons. The molecule has 0 aliphatic heterocycles. The Labute approximate surface area is 105 Å². The van der Waals surface area contributed by atoms with E-state index in [1.54, 1.807) is 24.3 Å². The fraction of sp³-hybridized carbons (Fsp3) is 0.333. The minimum absolute atomic E-state index is 0.122. The molecule has 0 spiro atoms. The van der Waals surface area contributed by atoms with Crippen LogP contribution in [0.3, 0.4) is 0 Å². The highest BCUT2D eigenvalue weighted by Crippen LogP contribution is 2.16. The Balaban J connectivity index is 2.22. The van der Waals surface area contributed by atoms with Crippen molar-refractivity contribution in [2.24, 2.45) is 0 Å². The maximum atomic E-state index is 11.6. The van der Waals surface area contributed by atoms with Crippen molar-refractivity contribution < 1.29 is 14.7 Å². The summed E-state index contributed by atoms with van der Waals surface area (Å²) in [7, 11) is 0. The van der Waals surface area contributed by atoms with Gasteiger partial charge in [-0.25, -0.2) is 4.79 Å². The first kappa shape index (κ1) is 13.8. The molecule has 0 atom stereocenters. The zero-order valence-corrected chi connectivity index (χ0v) is 9.98. The number of benzene rings is 1. The molecule has 0 aromatic heterocycles. The molecule has 0 saturated carbocycles. The monoisotopic (exact) mass is 251 g/mol. The molecule has 0 aliphatic rings. The Morgan fingerprint density at radius 1 is 1.22 bits per heavy atom. The van der Waals surface area contributed by atoms with Crippen molar-refractivity contribution in [1.82, 2.24) is 5.32 Å². The minimum atomic E-state index is -1.04. The number of carbonyl (C=O) groups is 2. The van der Waals surface area contributed by atoms with E-state index in [2.05, 4.69) is 10.6 Å². The minimum Gasteiger partial charge on any atom is -0.465 e. The van der Waals surface area contributed by atoms with E-state index < -0.39 is 6.09 Å². The lowest BCUT2D eigenvalue weighted by Crippen LogP contribution is -2.22. The highest BCUT2D eigenvalue weighted by atomic mass is 16.4. The summed E-state index contributed by atoms with van der Waals surface area (Å²) in [6, 6.07) is 7.04. The number of unbranched alkanes of at least 4 members (excludes halogenated alkanes) is 1. The van der Waals surface area contributed by atoms with Crippen molar-refractivity contribution in [3.8, 4) is 0 Å². The molecule has 0 fully saturated rings. The van der Waals surface area contributed by atoms with E-state index in [9.17, 15) is 9.59 Å². The van der Waals surface area contributed by atoms with E-state index in [4.69, 9.17) is 10.8 Å². The predicted octanol–water partition coefficient (Wildman–Crippen LogP) is 1.65. The third-order valence-corrected chi connectivity index (χ3v) is 2.34. The van der Waals surface area contributed by atoms with Gasteiger partial charge in [-0.15, -0.1) is 0 Å². The number of nitrogen functional groups attached to an aromatic ring is 1.